The number of carbonyl (C=O) groups excluding carboxylic acids is 4. The molecule has 4 aliphatic rings. The van der Waals surface area contributed by atoms with E-state index in [1.54, 1.807) is 18.2 Å². The van der Waals surface area contributed by atoms with Gasteiger partial charge in [-0.05, 0) is 64.4 Å². The van der Waals surface area contributed by atoms with Crippen LogP contribution in [0.5, 0.6) is 0 Å². The lowest BCUT2D eigenvalue weighted by Crippen LogP contribution is -2.41. The third kappa shape index (κ3) is 4.26. The summed E-state index contributed by atoms with van der Waals surface area (Å²) in [6.45, 7) is 3.57. The number of nitrogens with one attached hydrogen (secondary N) is 1. The zero-order valence-corrected chi connectivity index (χ0v) is 24.6. The minimum atomic E-state index is -0.710. The third-order valence-electron chi connectivity index (χ3n) is 9.39. The van der Waals surface area contributed by atoms with Crippen molar-refractivity contribution in [3.63, 3.8) is 0 Å². The predicted octanol–water partition coefficient (Wildman–Crippen LogP) is 6.00. The van der Waals surface area contributed by atoms with E-state index in [4.69, 9.17) is 4.74 Å². The summed E-state index contributed by atoms with van der Waals surface area (Å²) >= 11 is 0. The van der Waals surface area contributed by atoms with E-state index in [-0.39, 0.29) is 29.2 Å². The zero-order valence-electron chi connectivity index (χ0n) is 24.6. The lowest BCUT2D eigenvalue weighted by atomic mass is 9.55. The van der Waals surface area contributed by atoms with Crippen LogP contribution in [0.3, 0.4) is 0 Å². The fourth-order valence-corrected chi connectivity index (χ4v) is 7.50. The molecule has 8 rings (SSSR count). The molecule has 1 N–H and O–H groups in total. The van der Waals surface area contributed by atoms with Crippen LogP contribution in [-0.4, -0.2) is 30.3 Å². The first-order valence-electron chi connectivity index (χ1n) is 15.2. The third-order valence-corrected chi connectivity index (χ3v) is 9.39. The van der Waals surface area contributed by atoms with Gasteiger partial charge in [0.1, 0.15) is 0 Å². The number of esters is 1. The molecule has 4 aromatic carbocycles. The van der Waals surface area contributed by atoms with Crippen LogP contribution in [0.4, 0.5) is 11.4 Å². The Labute approximate surface area is 255 Å². The molecule has 44 heavy (non-hydrogen) atoms. The van der Waals surface area contributed by atoms with Gasteiger partial charge in [-0.1, -0.05) is 86.6 Å². The maximum Gasteiger partial charge on any atom is 0.338 e. The van der Waals surface area contributed by atoms with Gasteiger partial charge in [-0.25, -0.2) is 9.69 Å². The highest BCUT2D eigenvalue weighted by Gasteiger charge is 2.61. The van der Waals surface area contributed by atoms with E-state index in [1.807, 2.05) is 56.3 Å². The number of ether oxygens (including phenoxy) is 1. The first-order chi connectivity index (χ1) is 21.4. The number of para-hydroxylation sites is 1. The molecule has 7 nitrogen and oxygen atoms in total. The first-order valence-corrected chi connectivity index (χ1v) is 15.2. The highest BCUT2D eigenvalue weighted by molar-refractivity contribution is 6.23. The smallest absolute Gasteiger partial charge is 0.338 e. The molecule has 1 heterocycles. The van der Waals surface area contributed by atoms with Gasteiger partial charge in [0.2, 0.25) is 11.8 Å². The summed E-state index contributed by atoms with van der Waals surface area (Å²) < 4.78 is 5.36. The Morgan fingerprint density at radius 3 is 1.70 bits per heavy atom. The van der Waals surface area contributed by atoms with E-state index in [0.717, 1.165) is 51.9 Å². The van der Waals surface area contributed by atoms with Crippen LogP contribution < -0.4 is 10.2 Å². The molecule has 220 valence electrons. The predicted molar refractivity (Wildman–Crippen MR) is 167 cm³/mol. The average molecular weight is 585 g/mol. The van der Waals surface area contributed by atoms with Gasteiger partial charge < -0.3 is 10.1 Å². The molecule has 7 heteroatoms. The van der Waals surface area contributed by atoms with Crippen molar-refractivity contribution in [3.8, 4) is 0 Å². The lowest BCUT2D eigenvalue weighted by Gasteiger charge is -2.45. The molecule has 2 atom stereocenters. The van der Waals surface area contributed by atoms with E-state index >= 15 is 0 Å². The van der Waals surface area contributed by atoms with E-state index in [2.05, 4.69) is 29.6 Å². The van der Waals surface area contributed by atoms with Crippen LogP contribution in [0, 0.1) is 11.8 Å². The van der Waals surface area contributed by atoms with Crippen molar-refractivity contribution in [2.75, 3.05) is 16.8 Å². The van der Waals surface area contributed by atoms with Gasteiger partial charge in [0.05, 0.1) is 23.1 Å². The van der Waals surface area contributed by atoms with Gasteiger partial charge in [0.25, 0.3) is 5.91 Å². The second-order valence-corrected chi connectivity index (χ2v) is 11.6. The van der Waals surface area contributed by atoms with Crippen molar-refractivity contribution in [2.24, 2.45) is 11.8 Å². The second kappa shape index (κ2) is 10.9. The largest absolute Gasteiger partial charge is 0.452 e. The molecule has 0 spiro atoms. The fourth-order valence-electron chi connectivity index (χ4n) is 7.50. The number of benzene rings is 4. The molecule has 0 aromatic heterocycles. The standard InChI is InChI=1S/C37H32N2O5/c1-3-21-11-9-12-22(4-2)34(21)38-29(40)20-44-37(43)23-13-10-14-24(19-23)39-35(41)32-30-25-15-5-6-16-26(25)31(33(32)36(39)42)28-18-8-7-17-27(28)30/h5-19,30-33H,3-4,20H2,1-2H3,(H,38,40)/t30?,31?,32-,33-/m1/s1. The van der Waals surface area contributed by atoms with Crippen LogP contribution in [0.1, 0.15) is 69.4 Å². The molecule has 0 saturated carbocycles. The molecule has 3 aliphatic carbocycles. The lowest BCUT2D eigenvalue weighted by molar-refractivity contribution is -0.122. The van der Waals surface area contributed by atoms with Crippen LogP contribution in [0.25, 0.3) is 0 Å². The van der Waals surface area contributed by atoms with Gasteiger partial charge >= 0.3 is 5.97 Å². The van der Waals surface area contributed by atoms with Gasteiger partial charge in [-0.15, -0.1) is 0 Å². The van der Waals surface area contributed by atoms with E-state index in [9.17, 15) is 19.2 Å². The number of amides is 3. The van der Waals surface area contributed by atoms with Crippen LogP contribution in [0.2, 0.25) is 0 Å². The number of anilines is 2. The normalized spacial score (nSPS) is 21.0. The van der Waals surface area contributed by atoms with Crippen molar-refractivity contribution >= 4 is 35.1 Å². The van der Waals surface area contributed by atoms with Crippen molar-refractivity contribution in [1.82, 2.24) is 0 Å². The van der Waals surface area contributed by atoms with E-state index < -0.39 is 30.3 Å². The molecular formula is C37H32N2O5. The summed E-state index contributed by atoms with van der Waals surface area (Å²) in [6.07, 6.45) is 1.51. The highest BCUT2D eigenvalue weighted by atomic mass is 16.5. The van der Waals surface area contributed by atoms with Gasteiger partial charge in [-0.2, -0.15) is 0 Å². The highest BCUT2D eigenvalue weighted by Crippen LogP contribution is 2.61. The maximum absolute atomic E-state index is 14.1. The number of nitrogens with zero attached hydrogens (tertiary/aromatic N) is 1. The minimum Gasteiger partial charge on any atom is -0.452 e. The molecule has 1 aliphatic heterocycles. The van der Waals surface area contributed by atoms with Gasteiger partial charge in [-0.3, -0.25) is 14.4 Å². The minimum absolute atomic E-state index is 0.156. The van der Waals surface area contributed by atoms with E-state index in [1.165, 1.54) is 11.0 Å². The van der Waals surface area contributed by atoms with Crippen LogP contribution in [-0.2, 0) is 32.0 Å². The van der Waals surface area contributed by atoms with Crippen molar-refractivity contribution in [2.45, 2.75) is 38.5 Å². The second-order valence-electron chi connectivity index (χ2n) is 11.6. The molecule has 1 fully saturated rings. The topological polar surface area (TPSA) is 92.8 Å². The number of imide groups is 1. The van der Waals surface area contributed by atoms with Crippen LogP contribution >= 0.6 is 0 Å². The monoisotopic (exact) mass is 584 g/mol. The average Bonchev–Trinajstić information content (AvgIpc) is 3.33. The summed E-state index contributed by atoms with van der Waals surface area (Å²) in [5.74, 6) is -3.12. The quantitative estimate of drug-likeness (QED) is 0.212. The Morgan fingerprint density at radius 1 is 0.705 bits per heavy atom. The van der Waals surface area contributed by atoms with Crippen molar-refractivity contribution < 1.29 is 23.9 Å². The summed E-state index contributed by atoms with van der Waals surface area (Å²) in [5.41, 5.74) is 7.66. The number of hydrogen-bond donors (Lipinski definition) is 1. The Hall–Kier alpha value is -5.04. The molecule has 2 bridgehead atoms. The van der Waals surface area contributed by atoms with Crippen molar-refractivity contribution in [1.29, 1.82) is 0 Å². The first kappa shape index (κ1) is 27.8. The molecule has 4 aromatic rings. The summed E-state index contributed by atoms with van der Waals surface area (Å²) in [6, 6.07) is 28.4. The Bertz CT molecular complexity index is 1710. The molecule has 0 unspecified atom stereocenters. The Morgan fingerprint density at radius 2 is 1.20 bits per heavy atom. The number of rotatable bonds is 7. The Kier molecular flexibility index (Phi) is 6.88. The SMILES string of the molecule is CCc1cccc(CC)c1NC(=O)COC(=O)c1cccc(N2C(=O)[C@@H]3C4c5ccccc5C(c5ccccc54)[C@H]3C2=O)c1. The molecule has 3 amide bonds. The van der Waals surface area contributed by atoms with Crippen LogP contribution in [0.15, 0.2) is 91.0 Å². The number of carbonyl (C=O) groups is 4. The summed E-state index contributed by atoms with van der Waals surface area (Å²) in [4.78, 5) is 55.2. The zero-order chi connectivity index (χ0) is 30.5. The fraction of sp³-hybridized carbons (Fsp3) is 0.243. The summed E-state index contributed by atoms with van der Waals surface area (Å²) in [7, 11) is 0. The van der Waals surface area contributed by atoms with Gasteiger partial charge in [0, 0.05) is 17.5 Å². The number of aryl methyl sites for hydroxylation is 2. The molecular weight excluding hydrogens is 552 g/mol. The molecule has 1 saturated heterocycles. The molecule has 0 radical (unpaired) electrons. The van der Waals surface area contributed by atoms with E-state index in [0.29, 0.717) is 5.69 Å². The van der Waals surface area contributed by atoms with Crippen molar-refractivity contribution in [3.05, 3.63) is 130 Å². The maximum atomic E-state index is 14.1. The summed E-state index contributed by atoms with van der Waals surface area (Å²) in [5, 5.41) is 2.90. The number of hydrogen-bond acceptors (Lipinski definition) is 5. The van der Waals surface area contributed by atoms with Gasteiger partial charge in [0.15, 0.2) is 6.61 Å². The Balaban J connectivity index is 1.12.